The van der Waals surface area contributed by atoms with Crippen molar-refractivity contribution in [3.63, 3.8) is 0 Å². The number of halogens is 2. The molecule has 1 unspecified atom stereocenters. The van der Waals surface area contributed by atoms with Gasteiger partial charge in [-0.25, -0.2) is 19.0 Å². The molecule has 0 spiro atoms. The molecule has 1 aromatic heterocycles. The lowest BCUT2D eigenvalue weighted by molar-refractivity contribution is 0.392. The Morgan fingerprint density at radius 2 is 2.38 bits per heavy atom. The molecule has 0 bridgehead atoms. The first-order chi connectivity index (χ1) is 11.7. The van der Waals surface area contributed by atoms with Gasteiger partial charge < -0.3 is 10.6 Å². The van der Waals surface area contributed by atoms with E-state index in [2.05, 4.69) is 41.6 Å². The summed E-state index contributed by atoms with van der Waals surface area (Å²) in [6, 6.07) is 5.31. The van der Waals surface area contributed by atoms with E-state index in [1.54, 1.807) is 12.4 Å². The first-order valence-corrected chi connectivity index (χ1v) is 8.80. The van der Waals surface area contributed by atoms with Gasteiger partial charge in [0.15, 0.2) is 5.96 Å². The quantitative estimate of drug-likeness (QED) is 0.616. The van der Waals surface area contributed by atoms with Crippen molar-refractivity contribution in [3.8, 4) is 0 Å². The number of aromatic nitrogens is 3. The molecule has 1 atom stereocenters. The summed E-state index contributed by atoms with van der Waals surface area (Å²) in [4.78, 5) is 8.80. The summed E-state index contributed by atoms with van der Waals surface area (Å²) in [6.45, 7) is 3.97. The van der Waals surface area contributed by atoms with Gasteiger partial charge in [0.1, 0.15) is 18.0 Å². The van der Waals surface area contributed by atoms with Crippen LogP contribution in [-0.2, 0) is 19.5 Å². The minimum absolute atomic E-state index is 0.249. The van der Waals surface area contributed by atoms with Crippen LogP contribution >= 0.6 is 15.9 Å². The molecular formula is C16H20BrFN6. The molecule has 0 saturated carbocycles. The number of fused-ring (bicyclic) bond motifs is 1. The summed E-state index contributed by atoms with van der Waals surface area (Å²) in [6.07, 6.45) is 3.48. The third-order valence-corrected chi connectivity index (χ3v) is 4.54. The standard InChI is InChI=1S/C16H20BrFN6/c1-2-19-16(20-8-11-3-5-13(17)14(18)7-11)23-12-4-6-15-21-10-22-24(15)9-12/h3,5,7,10,12H,2,4,6,8-9H2,1H3,(H2,19,20,23). The van der Waals surface area contributed by atoms with Crippen molar-refractivity contribution in [1.82, 2.24) is 25.4 Å². The van der Waals surface area contributed by atoms with E-state index in [0.717, 1.165) is 43.3 Å². The second-order valence-corrected chi connectivity index (χ2v) is 6.54. The Kier molecular flexibility index (Phi) is 5.44. The van der Waals surface area contributed by atoms with Crippen molar-refractivity contribution in [2.45, 2.75) is 38.9 Å². The van der Waals surface area contributed by atoms with E-state index in [-0.39, 0.29) is 11.9 Å². The summed E-state index contributed by atoms with van der Waals surface area (Å²) >= 11 is 3.16. The lowest BCUT2D eigenvalue weighted by atomic mass is 10.1. The maximum Gasteiger partial charge on any atom is 0.191 e. The molecule has 0 amide bonds. The molecule has 8 heteroatoms. The molecule has 1 aliphatic rings. The number of nitrogens with one attached hydrogen (secondary N) is 2. The molecule has 24 heavy (non-hydrogen) atoms. The van der Waals surface area contributed by atoms with E-state index in [9.17, 15) is 4.39 Å². The smallest absolute Gasteiger partial charge is 0.191 e. The molecule has 0 fully saturated rings. The van der Waals surface area contributed by atoms with Crippen molar-refractivity contribution in [3.05, 3.63) is 46.2 Å². The van der Waals surface area contributed by atoms with Crippen LogP contribution in [0.4, 0.5) is 4.39 Å². The van der Waals surface area contributed by atoms with Crippen molar-refractivity contribution in [2.75, 3.05) is 6.54 Å². The largest absolute Gasteiger partial charge is 0.357 e. The third kappa shape index (κ3) is 4.11. The normalized spacial score (nSPS) is 17.5. The number of aliphatic imine (C=N–C) groups is 1. The molecule has 1 aliphatic heterocycles. The Balaban J connectivity index is 1.64. The summed E-state index contributed by atoms with van der Waals surface area (Å²) in [5.74, 6) is 1.49. The molecule has 2 aromatic rings. The minimum atomic E-state index is -0.272. The van der Waals surface area contributed by atoms with Crippen molar-refractivity contribution in [1.29, 1.82) is 0 Å². The average Bonchev–Trinajstić information content (AvgIpc) is 3.03. The van der Waals surface area contributed by atoms with E-state index in [0.29, 0.717) is 11.0 Å². The molecule has 2 heterocycles. The van der Waals surface area contributed by atoms with Crippen LogP contribution in [0.3, 0.4) is 0 Å². The van der Waals surface area contributed by atoms with Crippen LogP contribution < -0.4 is 10.6 Å². The molecule has 0 aliphatic carbocycles. The average molecular weight is 395 g/mol. The van der Waals surface area contributed by atoms with Gasteiger partial charge in [-0.3, -0.25) is 0 Å². The maximum absolute atomic E-state index is 13.6. The number of nitrogens with zero attached hydrogens (tertiary/aromatic N) is 4. The van der Waals surface area contributed by atoms with Crippen molar-refractivity contribution >= 4 is 21.9 Å². The fourth-order valence-electron chi connectivity index (χ4n) is 2.68. The summed E-state index contributed by atoms with van der Waals surface area (Å²) < 4.78 is 16.0. The van der Waals surface area contributed by atoms with E-state index in [1.165, 1.54) is 6.07 Å². The molecule has 128 valence electrons. The first kappa shape index (κ1) is 16.9. The number of hydrogen-bond acceptors (Lipinski definition) is 3. The first-order valence-electron chi connectivity index (χ1n) is 8.01. The Hall–Kier alpha value is -1.96. The fraction of sp³-hybridized carbons (Fsp3) is 0.438. The zero-order valence-electron chi connectivity index (χ0n) is 13.5. The Morgan fingerprint density at radius 1 is 1.50 bits per heavy atom. The van der Waals surface area contributed by atoms with Gasteiger partial charge in [-0.15, -0.1) is 0 Å². The highest BCUT2D eigenvalue weighted by molar-refractivity contribution is 9.10. The van der Waals surface area contributed by atoms with E-state index >= 15 is 0 Å². The van der Waals surface area contributed by atoms with Gasteiger partial charge in [-0.05, 0) is 47.0 Å². The highest BCUT2D eigenvalue weighted by atomic mass is 79.9. The summed E-state index contributed by atoms with van der Waals surface area (Å²) in [7, 11) is 0. The van der Waals surface area contributed by atoms with Crippen molar-refractivity contribution < 1.29 is 4.39 Å². The van der Waals surface area contributed by atoms with E-state index in [4.69, 9.17) is 0 Å². The number of guanidine groups is 1. The zero-order chi connectivity index (χ0) is 16.9. The summed E-state index contributed by atoms with van der Waals surface area (Å²) in [5, 5.41) is 10.9. The van der Waals surface area contributed by atoms with Crippen LogP contribution in [-0.4, -0.2) is 33.3 Å². The highest BCUT2D eigenvalue weighted by Gasteiger charge is 2.20. The lowest BCUT2D eigenvalue weighted by Gasteiger charge is -2.25. The van der Waals surface area contributed by atoms with Gasteiger partial charge in [-0.1, -0.05) is 6.07 Å². The number of benzene rings is 1. The second kappa shape index (κ2) is 7.74. The SMILES string of the molecule is CCNC(=NCc1ccc(Br)c(F)c1)NC1CCc2ncnn2C1. The summed E-state index contributed by atoms with van der Waals surface area (Å²) in [5.41, 5.74) is 0.829. The van der Waals surface area contributed by atoms with Crippen LogP contribution in [0.1, 0.15) is 24.7 Å². The van der Waals surface area contributed by atoms with Gasteiger partial charge in [0, 0.05) is 19.0 Å². The van der Waals surface area contributed by atoms with E-state index in [1.807, 2.05) is 17.7 Å². The zero-order valence-corrected chi connectivity index (χ0v) is 15.1. The van der Waals surface area contributed by atoms with Gasteiger partial charge in [0.25, 0.3) is 0 Å². The number of hydrogen-bond donors (Lipinski definition) is 2. The Bertz CT molecular complexity index is 729. The molecule has 2 N–H and O–H groups in total. The molecular weight excluding hydrogens is 375 g/mol. The minimum Gasteiger partial charge on any atom is -0.357 e. The van der Waals surface area contributed by atoms with Crippen molar-refractivity contribution in [2.24, 2.45) is 4.99 Å². The van der Waals surface area contributed by atoms with Gasteiger partial charge in [-0.2, -0.15) is 5.10 Å². The van der Waals surface area contributed by atoms with Crippen LogP contribution in [0.5, 0.6) is 0 Å². The molecule has 0 saturated heterocycles. The van der Waals surface area contributed by atoms with Gasteiger partial charge in [0.2, 0.25) is 0 Å². The third-order valence-electron chi connectivity index (χ3n) is 3.89. The van der Waals surface area contributed by atoms with Crippen LogP contribution in [0.2, 0.25) is 0 Å². The second-order valence-electron chi connectivity index (χ2n) is 5.68. The highest BCUT2D eigenvalue weighted by Crippen LogP contribution is 2.17. The predicted molar refractivity (Wildman–Crippen MR) is 94.2 cm³/mol. The fourth-order valence-corrected chi connectivity index (χ4v) is 2.92. The predicted octanol–water partition coefficient (Wildman–Crippen LogP) is 2.25. The molecule has 3 rings (SSSR count). The van der Waals surface area contributed by atoms with E-state index < -0.39 is 0 Å². The van der Waals surface area contributed by atoms with Gasteiger partial charge >= 0.3 is 0 Å². The number of aryl methyl sites for hydroxylation is 1. The van der Waals surface area contributed by atoms with Crippen LogP contribution in [0.15, 0.2) is 34.0 Å². The topological polar surface area (TPSA) is 67.1 Å². The van der Waals surface area contributed by atoms with Gasteiger partial charge in [0.05, 0.1) is 17.6 Å². The monoisotopic (exact) mass is 394 g/mol. The van der Waals surface area contributed by atoms with Crippen LogP contribution in [0.25, 0.3) is 0 Å². The molecule has 0 radical (unpaired) electrons. The molecule has 6 nitrogen and oxygen atoms in total. The number of rotatable bonds is 4. The van der Waals surface area contributed by atoms with Crippen LogP contribution in [0, 0.1) is 5.82 Å². The Labute approximate surface area is 148 Å². The Morgan fingerprint density at radius 3 is 3.17 bits per heavy atom. The molecule has 1 aromatic carbocycles. The maximum atomic E-state index is 13.6. The lowest BCUT2D eigenvalue weighted by Crippen LogP contribution is -2.47.